The lowest BCUT2D eigenvalue weighted by Gasteiger charge is -2.11. The minimum absolute atomic E-state index is 0.0462. The lowest BCUT2D eigenvalue weighted by atomic mass is 10.1. The minimum Gasteiger partial charge on any atom is -0.505 e. The Morgan fingerprint density at radius 3 is 2.54 bits per heavy atom. The van der Waals surface area contributed by atoms with E-state index in [9.17, 15) is 8.78 Å². The van der Waals surface area contributed by atoms with Crippen molar-refractivity contribution in [2.24, 2.45) is 5.73 Å². The molecule has 72 valence electrons. The molecule has 5 heteroatoms. The van der Waals surface area contributed by atoms with E-state index < -0.39 is 23.4 Å². The predicted octanol–water partition coefficient (Wildman–Crippen LogP) is 2.45. The quantitative estimate of drug-likeness (QED) is 0.754. The van der Waals surface area contributed by atoms with Gasteiger partial charge in [-0.3, -0.25) is 0 Å². The molecule has 3 N–H and O–H groups in total. The van der Waals surface area contributed by atoms with E-state index in [4.69, 9.17) is 10.8 Å². The van der Waals surface area contributed by atoms with Crippen LogP contribution in [0.3, 0.4) is 0 Å². The largest absolute Gasteiger partial charge is 0.505 e. The summed E-state index contributed by atoms with van der Waals surface area (Å²) >= 11 is 2.82. The first-order valence-electron chi connectivity index (χ1n) is 3.57. The molecule has 0 bridgehead atoms. The van der Waals surface area contributed by atoms with Crippen molar-refractivity contribution in [2.75, 3.05) is 0 Å². The van der Waals surface area contributed by atoms with Gasteiger partial charge in [0.05, 0.1) is 10.0 Å². The summed E-state index contributed by atoms with van der Waals surface area (Å²) in [5, 5.41) is 9.16. The summed E-state index contributed by atoms with van der Waals surface area (Å²) in [7, 11) is 0. The smallest absolute Gasteiger partial charge is 0.166 e. The highest BCUT2D eigenvalue weighted by molar-refractivity contribution is 9.10. The molecule has 2 nitrogen and oxygen atoms in total. The molecule has 1 aromatic carbocycles. The Kier molecular flexibility index (Phi) is 2.87. The van der Waals surface area contributed by atoms with Crippen LogP contribution in [0, 0.1) is 11.6 Å². The average molecular weight is 252 g/mol. The third-order valence-corrected chi connectivity index (χ3v) is 2.21. The van der Waals surface area contributed by atoms with Gasteiger partial charge in [0.25, 0.3) is 0 Å². The number of hydrogen-bond acceptors (Lipinski definition) is 2. The molecule has 0 radical (unpaired) electrons. The van der Waals surface area contributed by atoms with Crippen LogP contribution >= 0.6 is 15.9 Å². The number of phenols is 1. The molecule has 0 aliphatic heterocycles. The van der Waals surface area contributed by atoms with Gasteiger partial charge in [-0.25, -0.2) is 8.78 Å². The van der Waals surface area contributed by atoms with Crippen LogP contribution < -0.4 is 5.73 Å². The van der Waals surface area contributed by atoms with Gasteiger partial charge in [0, 0.05) is 6.04 Å². The van der Waals surface area contributed by atoms with Crippen LogP contribution in [0.2, 0.25) is 0 Å². The lowest BCUT2D eigenvalue weighted by Crippen LogP contribution is -2.09. The number of phenolic OH excluding ortho intramolecular Hbond substituents is 1. The molecular formula is C8H8BrF2NO. The number of aromatic hydroxyl groups is 1. The molecule has 1 aromatic rings. The van der Waals surface area contributed by atoms with Gasteiger partial charge in [-0.2, -0.15) is 0 Å². The summed E-state index contributed by atoms with van der Waals surface area (Å²) in [6, 6.07) is 0.100. The average Bonchev–Trinajstić information content (AvgIpc) is 2.01. The third-order valence-electron chi connectivity index (χ3n) is 1.64. The number of nitrogens with two attached hydrogens (primary N) is 1. The Bertz CT molecular complexity index is 315. The molecule has 0 aliphatic rings. The molecule has 0 spiro atoms. The van der Waals surface area contributed by atoms with Gasteiger partial charge in [-0.1, -0.05) is 0 Å². The zero-order valence-electron chi connectivity index (χ0n) is 6.81. The first-order chi connectivity index (χ1) is 5.95. The molecular weight excluding hydrogens is 244 g/mol. The van der Waals surface area contributed by atoms with E-state index in [-0.39, 0.29) is 10.0 Å². The molecule has 1 atom stereocenters. The number of hydrogen-bond donors (Lipinski definition) is 2. The second-order valence-electron chi connectivity index (χ2n) is 2.71. The van der Waals surface area contributed by atoms with Crippen molar-refractivity contribution >= 4 is 15.9 Å². The van der Waals surface area contributed by atoms with Crippen LogP contribution in [0.25, 0.3) is 0 Å². The maximum atomic E-state index is 13.2. The van der Waals surface area contributed by atoms with Crippen LogP contribution in [0.4, 0.5) is 8.78 Å². The van der Waals surface area contributed by atoms with Gasteiger partial charge >= 0.3 is 0 Å². The summed E-state index contributed by atoms with van der Waals surface area (Å²) in [5.74, 6) is -2.34. The number of halogens is 3. The maximum absolute atomic E-state index is 13.2. The van der Waals surface area contributed by atoms with Crippen molar-refractivity contribution < 1.29 is 13.9 Å². The molecule has 0 saturated heterocycles. The molecule has 0 unspecified atom stereocenters. The van der Waals surface area contributed by atoms with Crippen molar-refractivity contribution in [3.8, 4) is 5.75 Å². The highest BCUT2D eigenvalue weighted by Crippen LogP contribution is 2.33. The highest BCUT2D eigenvalue weighted by Gasteiger charge is 2.19. The van der Waals surface area contributed by atoms with Crippen LogP contribution in [-0.4, -0.2) is 5.11 Å². The second-order valence-corrected chi connectivity index (χ2v) is 3.56. The van der Waals surface area contributed by atoms with Crippen LogP contribution in [0.5, 0.6) is 5.75 Å². The van der Waals surface area contributed by atoms with Crippen molar-refractivity contribution in [2.45, 2.75) is 13.0 Å². The summed E-state index contributed by atoms with van der Waals surface area (Å²) < 4.78 is 26.1. The van der Waals surface area contributed by atoms with Crippen molar-refractivity contribution in [3.63, 3.8) is 0 Å². The van der Waals surface area contributed by atoms with E-state index in [1.807, 2.05) is 0 Å². The number of benzene rings is 1. The Morgan fingerprint density at radius 1 is 1.54 bits per heavy atom. The maximum Gasteiger partial charge on any atom is 0.166 e. The van der Waals surface area contributed by atoms with Crippen LogP contribution in [-0.2, 0) is 0 Å². The van der Waals surface area contributed by atoms with E-state index >= 15 is 0 Å². The normalized spacial score (nSPS) is 13.0. The van der Waals surface area contributed by atoms with Gasteiger partial charge in [-0.15, -0.1) is 0 Å². The van der Waals surface area contributed by atoms with Gasteiger partial charge < -0.3 is 10.8 Å². The van der Waals surface area contributed by atoms with E-state index in [1.165, 1.54) is 6.92 Å². The monoisotopic (exact) mass is 251 g/mol. The first kappa shape index (κ1) is 10.4. The molecule has 0 fully saturated rings. The van der Waals surface area contributed by atoms with E-state index in [0.29, 0.717) is 0 Å². The van der Waals surface area contributed by atoms with E-state index in [1.54, 1.807) is 0 Å². The van der Waals surface area contributed by atoms with Crippen molar-refractivity contribution in [1.29, 1.82) is 0 Å². The van der Waals surface area contributed by atoms with Gasteiger partial charge in [0.15, 0.2) is 11.6 Å². The Labute approximate surface area is 82.5 Å². The summed E-state index contributed by atoms with van der Waals surface area (Å²) in [5.41, 5.74) is 5.15. The SMILES string of the molecule is C[C@@H](N)c1c(O)c(F)cc(Br)c1F. The predicted molar refractivity (Wildman–Crippen MR) is 48.3 cm³/mol. The molecule has 0 saturated carbocycles. The van der Waals surface area contributed by atoms with Crippen molar-refractivity contribution in [1.82, 2.24) is 0 Å². The fourth-order valence-electron chi connectivity index (χ4n) is 1.02. The lowest BCUT2D eigenvalue weighted by molar-refractivity contribution is 0.411. The Balaban J connectivity index is 3.46. The molecule has 0 heterocycles. The van der Waals surface area contributed by atoms with Crippen LogP contribution in [0.1, 0.15) is 18.5 Å². The number of rotatable bonds is 1. The summed E-state index contributed by atoms with van der Waals surface area (Å²) in [6.45, 7) is 1.46. The Hall–Kier alpha value is -0.680. The van der Waals surface area contributed by atoms with Gasteiger partial charge in [-0.05, 0) is 28.9 Å². The summed E-state index contributed by atoms with van der Waals surface area (Å²) in [4.78, 5) is 0. The van der Waals surface area contributed by atoms with Crippen molar-refractivity contribution in [3.05, 3.63) is 27.7 Å². The molecule has 0 aliphatic carbocycles. The van der Waals surface area contributed by atoms with Gasteiger partial charge in [0.1, 0.15) is 5.82 Å². The molecule has 1 rings (SSSR count). The topological polar surface area (TPSA) is 46.2 Å². The fraction of sp³-hybridized carbons (Fsp3) is 0.250. The van der Waals surface area contributed by atoms with Crippen LogP contribution in [0.15, 0.2) is 10.5 Å². The van der Waals surface area contributed by atoms with Gasteiger partial charge in [0.2, 0.25) is 0 Å². The first-order valence-corrected chi connectivity index (χ1v) is 4.36. The highest BCUT2D eigenvalue weighted by atomic mass is 79.9. The summed E-state index contributed by atoms with van der Waals surface area (Å²) in [6.07, 6.45) is 0. The standard InChI is InChI=1S/C8H8BrF2NO/c1-3(12)6-7(11)4(9)2-5(10)8(6)13/h2-3,13H,12H2,1H3/t3-/m1/s1. The zero-order valence-corrected chi connectivity index (χ0v) is 8.40. The second kappa shape index (κ2) is 3.59. The fourth-order valence-corrected chi connectivity index (χ4v) is 1.43. The third kappa shape index (κ3) is 1.81. The molecule has 0 amide bonds. The molecule has 13 heavy (non-hydrogen) atoms. The molecule has 0 aromatic heterocycles. The van der Waals surface area contributed by atoms with E-state index in [0.717, 1.165) is 6.07 Å². The van der Waals surface area contributed by atoms with E-state index in [2.05, 4.69) is 15.9 Å². The Morgan fingerprint density at radius 2 is 2.08 bits per heavy atom. The minimum atomic E-state index is -0.888. The zero-order chi connectivity index (χ0) is 10.2.